The molecule has 5 N–H and O–H groups in total. The molecule has 36 heavy (non-hydrogen) atoms. The minimum absolute atomic E-state index is 0.166. The van der Waals surface area contributed by atoms with E-state index in [9.17, 15) is 19.5 Å². The van der Waals surface area contributed by atoms with Gasteiger partial charge < -0.3 is 26.2 Å². The molecular formula is C28H27N3O5. The molecule has 3 aromatic rings. The van der Waals surface area contributed by atoms with E-state index in [4.69, 9.17) is 10.5 Å². The van der Waals surface area contributed by atoms with Crippen LogP contribution in [-0.4, -0.2) is 22.7 Å². The third-order valence-corrected chi connectivity index (χ3v) is 7.02. The molecule has 0 saturated carbocycles. The second-order valence-electron chi connectivity index (χ2n) is 9.72. The minimum atomic E-state index is -2.22. The molecule has 1 aliphatic heterocycles. The fraction of sp³-hybridized carbons (Fsp3) is 0.250. The largest absolute Gasteiger partial charge is 0.454 e. The Morgan fingerprint density at radius 3 is 2.31 bits per heavy atom. The number of aryl methyl sites for hydroxylation is 2. The summed E-state index contributed by atoms with van der Waals surface area (Å²) < 4.78 is 6.03. The van der Waals surface area contributed by atoms with Crippen molar-refractivity contribution in [1.82, 2.24) is 5.32 Å². The summed E-state index contributed by atoms with van der Waals surface area (Å²) in [7, 11) is 0. The average molecular weight is 486 g/mol. The van der Waals surface area contributed by atoms with E-state index in [1.165, 1.54) is 0 Å². The van der Waals surface area contributed by atoms with Gasteiger partial charge in [-0.15, -0.1) is 0 Å². The van der Waals surface area contributed by atoms with Crippen molar-refractivity contribution in [1.29, 1.82) is 0 Å². The molecule has 0 spiro atoms. The lowest BCUT2D eigenvalue weighted by atomic mass is 9.82. The Kier molecular flexibility index (Phi) is 5.19. The number of fused-ring (bicyclic) bond motifs is 5. The molecule has 5 rings (SSSR count). The number of anilines is 2. The zero-order valence-electron chi connectivity index (χ0n) is 20.4. The number of Topliss-reactive ketones (excluding diaryl/α,β-unsaturated/α-hetero) is 1. The van der Waals surface area contributed by atoms with Crippen LogP contribution in [0, 0.1) is 13.8 Å². The van der Waals surface area contributed by atoms with E-state index in [0.717, 1.165) is 5.56 Å². The number of rotatable bonds is 3. The number of hydrogen-bond donors (Lipinski definition) is 4. The average Bonchev–Trinajstić information content (AvgIpc) is 3.18. The number of ether oxygens (including phenoxy) is 1. The molecular weight excluding hydrogens is 458 g/mol. The molecule has 2 atom stereocenters. The summed E-state index contributed by atoms with van der Waals surface area (Å²) in [6.07, 6.45) is 0. The van der Waals surface area contributed by atoms with Crippen molar-refractivity contribution in [2.45, 2.75) is 44.9 Å². The normalized spacial score (nSPS) is 21.4. The Labute approximate surface area is 208 Å². The SMILES string of the molecule is Cc1cc(N)cc(C)c1NC(=O)C(=O)NC12C(=O)c3ccccc3C1(O)Oc1cc(C(C)C)ccc12. The van der Waals surface area contributed by atoms with Gasteiger partial charge in [-0.1, -0.05) is 50.2 Å². The van der Waals surface area contributed by atoms with Crippen LogP contribution in [-0.2, 0) is 20.9 Å². The number of nitrogen functional groups attached to an aromatic ring is 1. The molecule has 184 valence electrons. The van der Waals surface area contributed by atoms with E-state index in [2.05, 4.69) is 10.6 Å². The van der Waals surface area contributed by atoms with Gasteiger partial charge in [-0.25, -0.2) is 0 Å². The predicted molar refractivity (Wildman–Crippen MR) is 135 cm³/mol. The van der Waals surface area contributed by atoms with E-state index >= 15 is 0 Å². The zero-order valence-corrected chi connectivity index (χ0v) is 20.4. The third-order valence-electron chi connectivity index (χ3n) is 7.02. The quantitative estimate of drug-likeness (QED) is 0.332. The Balaban J connectivity index is 1.58. The smallest absolute Gasteiger partial charge is 0.313 e. The van der Waals surface area contributed by atoms with Crippen molar-refractivity contribution in [2.24, 2.45) is 0 Å². The van der Waals surface area contributed by atoms with Crippen molar-refractivity contribution >= 4 is 29.0 Å². The van der Waals surface area contributed by atoms with E-state index < -0.39 is 28.9 Å². The van der Waals surface area contributed by atoms with Gasteiger partial charge in [0.2, 0.25) is 11.3 Å². The molecule has 0 fully saturated rings. The molecule has 0 saturated heterocycles. The number of nitrogens with one attached hydrogen (secondary N) is 2. The number of aliphatic hydroxyl groups is 1. The summed E-state index contributed by atoms with van der Waals surface area (Å²) in [5.74, 6) is -4.41. The van der Waals surface area contributed by atoms with Crippen molar-refractivity contribution in [3.05, 3.63) is 88.0 Å². The molecule has 2 aliphatic rings. The first kappa shape index (κ1) is 23.6. The fourth-order valence-electron chi connectivity index (χ4n) is 5.22. The lowest BCUT2D eigenvalue weighted by Gasteiger charge is -2.34. The van der Waals surface area contributed by atoms with Crippen LogP contribution < -0.4 is 21.1 Å². The maximum atomic E-state index is 13.8. The van der Waals surface area contributed by atoms with Crippen LogP contribution in [0.5, 0.6) is 5.75 Å². The highest BCUT2D eigenvalue weighted by Crippen LogP contribution is 2.58. The van der Waals surface area contributed by atoms with Crippen LogP contribution >= 0.6 is 0 Å². The Morgan fingerprint density at radius 2 is 1.64 bits per heavy atom. The van der Waals surface area contributed by atoms with Crippen molar-refractivity contribution in [2.75, 3.05) is 11.1 Å². The lowest BCUT2D eigenvalue weighted by Crippen LogP contribution is -2.61. The summed E-state index contributed by atoms with van der Waals surface area (Å²) in [5, 5.41) is 17.1. The van der Waals surface area contributed by atoms with Crippen LogP contribution in [0.1, 0.15) is 57.9 Å². The highest BCUT2D eigenvalue weighted by Gasteiger charge is 2.71. The Bertz CT molecular complexity index is 1440. The number of benzene rings is 3. The zero-order chi connectivity index (χ0) is 26.0. The monoisotopic (exact) mass is 485 g/mol. The number of hydrogen-bond acceptors (Lipinski definition) is 6. The van der Waals surface area contributed by atoms with Gasteiger partial charge in [0.1, 0.15) is 5.75 Å². The first-order valence-corrected chi connectivity index (χ1v) is 11.7. The minimum Gasteiger partial charge on any atom is -0.454 e. The molecule has 8 heteroatoms. The highest BCUT2D eigenvalue weighted by molar-refractivity contribution is 6.40. The fourth-order valence-corrected chi connectivity index (χ4v) is 5.22. The summed E-state index contributed by atoms with van der Waals surface area (Å²) in [6, 6.07) is 15.1. The van der Waals surface area contributed by atoms with E-state index in [0.29, 0.717) is 22.5 Å². The lowest BCUT2D eigenvalue weighted by molar-refractivity contribution is -0.175. The van der Waals surface area contributed by atoms with Gasteiger partial charge in [0, 0.05) is 28.1 Å². The van der Waals surface area contributed by atoms with E-state index in [-0.39, 0.29) is 28.4 Å². The summed E-state index contributed by atoms with van der Waals surface area (Å²) in [4.78, 5) is 40.2. The van der Waals surface area contributed by atoms with Crippen LogP contribution in [0.25, 0.3) is 0 Å². The predicted octanol–water partition coefficient (Wildman–Crippen LogP) is 3.39. The molecule has 2 unspecified atom stereocenters. The van der Waals surface area contributed by atoms with Gasteiger partial charge in [-0.3, -0.25) is 14.4 Å². The molecule has 8 nitrogen and oxygen atoms in total. The molecule has 0 bridgehead atoms. The van der Waals surface area contributed by atoms with E-state index in [1.807, 2.05) is 19.9 Å². The number of amides is 2. The van der Waals surface area contributed by atoms with Gasteiger partial charge in [-0.05, 0) is 54.7 Å². The van der Waals surface area contributed by atoms with Crippen LogP contribution in [0.4, 0.5) is 11.4 Å². The highest BCUT2D eigenvalue weighted by atomic mass is 16.6. The Morgan fingerprint density at radius 1 is 0.972 bits per heavy atom. The molecule has 1 aliphatic carbocycles. The van der Waals surface area contributed by atoms with Crippen LogP contribution in [0.3, 0.4) is 0 Å². The summed E-state index contributed by atoms with van der Waals surface area (Å²) in [6.45, 7) is 7.54. The van der Waals surface area contributed by atoms with Gasteiger partial charge in [0.05, 0.1) is 0 Å². The van der Waals surface area contributed by atoms with Gasteiger partial charge >= 0.3 is 11.8 Å². The summed E-state index contributed by atoms with van der Waals surface area (Å²) in [5.41, 5.74) is 7.84. The maximum Gasteiger partial charge on any atom is 0.313 e. The van der Waals surface area contributed by atoms with E-state index in [1.54, 1.807) is 62.4 Å². The molecule has 1 heterocycles. The van der Waals surface area contributed by atoms with Gasteiger partial charge in [0.15, 0.2) is 0 Å². The summed E-state index contributed by atoms with van der Waals surface area (Å²) >= 11 is 0. The molecule has 0 radical (unpaired) electrons. The standard InChI is InChI=1S/C28H27N3O5/c1-14(2)17-9-10-21-22(13-17)36-28(35)20-8-6-5-7-19(20)24(32)27(21,28)31-26(34)25(33)30-23-15(3)11-18(29)12-16(23)4/h5-14,35H,29H2,1-4H3,(H,30,33)(H,31,34). The molecule has 2 amide bonds. The molecule has 0 aromatic heterocycles. The number of ketones is 1. The maximum absolute atomic E-state index is 13.8. The van der Waals surface area contributed by atoms with Crippen LogP contribution in [0.2, 0.25) is 0 Å². The number of carbonyl (C=O) groups excluding carboxylic acids is 3. The number of nitrogens with two attached hydrogens (primary N) is 1. The van der Waals surface area contributed by atoms with Crippen LogP contribution in [0.15, 0.2) is 54.6 Å². The topological polar surface area (TPSA) is 131 Å². The van der Waals surface area contributed by atoms with Gasteiger partial charge in [0.25, 0.3) is 5.79 Å². The van der Waals surface area contributed by atoms with Crippen molar-refractivity contribution in [3.63, 3.8) is 0 Å². The second kappa shape index (κ2) is 7.93. The third kappa shape index (κ3) is 3.14. The first-order valence-electron chi connectivity index (χ1n) is 11.7. The number of carbonyl (C=O) groups is 3. The second-order valence-corrected chi connectivity index (χ2v) is 9.72. The Hall–Kier alpha value is -4.17. The van der Waals surface area contributed by atoms with Gasteiger partial charge in [-0.2, -0.15) is 0 Å². The molecule has 3 aromatic carbocycles. The van der Waals surface area contributed by atoms with Crippen molar-refractivity contribution in [3.8, 4) is 5.75 Å². The first-order chi connectivity index (χ1) is 17.0. The van der Waals surface area contributed by atoms with Crippen molar-refractivity contribution < 1.29 is 24.2 Å².